The molecule has 3 nitrogen and oxygen atoms in total. The van der Waals surface area contributed by atoms with Crippen LogP contribution in [0.1, 0.15) is 28.5 Å². The van der Waals surface area contributed by atoms with E-state index in [0.717, 1.165) is 0 Å². The number of carboxylic acids is 1. The van der Waals surface area contributed by atoms with Crippen LogP contribution in [-0.4, -0.2) is 11.1 Å². The molecule has 1 atom stereocenters. The largest absolute Gasteiger partial charge is 0.475 e. The summed E-state index contributed by atoms with van der Waals surface area (Å²) in [6.07, 6.45) is 0. The fourth-order valence-corrected chi connectivity index (χ4v) is 0.831. The predicted molar refractivity (Wildman–Crippen MR) is 43.1 cm³/mol. The van der Waals surface area contributed by atoms with Gasteiger partial charge in [-0.15, -0.1) is 0 Å². The Morgan fingerprint density at radius 2 is 2.36 bits per heavy atom. The fraction of sp³-hybridized carbons (Fsp3) is 0.286. The minimum absolute atomic E-state index is 0.0408. The van der Waals surface area contributed by atoms with Gasteiger partial charge in [0.25, 0.3) is 0 Å². The number of carbonyl (C=O) groups is 1. The van der Waals surface area contributed by atoms with E-state index in [-0.39, 0.29) is 11.0 Å². The second kappa shape index (κ2) is 3.00. The van der Waals surface area contributed by atoms with Gasteiger partial charge in [-0.1, -0.05) is 0 Å². The molecule has 4 heteroatoms. The summed E-state index contributed by atoms with van der Waals surface area (Å²) in [4.78, 5) is 10.3. The van der Waals surface area contributed by atoms with Gasteiger partial charge in [0.1, 0.15) is 5.76 Å². The molecule has 1 heterocycles. The maximum atomic E-state index is 10.3. The normalized spacial score (nSPS) is 12.9. The first-order valence-electron chi connectivity index (χ1n) is 3.12. The summed E-state index contributed by atoms with van der Waals surface area (Å²) in [5, 5.41) is 8.39. The van der Waals surface area contributed by atoms with E-state index in [9.17, 15) is 4.79 Å². The number of rotatable bonds is 2. The smallest absolute Gasteiger partial charge is 0.371 e. The molecular formula is C7H8O3S. The minimum atomic E-state index is -1.05. The second-order valence-corrected chi connectivity index (χ2v) is 2.96. The molecule has 0 aromatic carbocycles. The highest BCUT2D eigenvalue weighted by Crippen LogP contribution is 2.20. The lowest BCUT2D eigenvalue weighted by atomic mass is 10.3. The van der Waals surface area contributed by atoms with E-state index >= 15 is 0 Å². The first-order chi connectivity index (χ1) is 5.11. The van der Waals surface area contributed by atoms with Gasteiger partial charge in [0.05, 0.1) is 5.25 Å². The number of thiol groups is 1. The van der Waals surface area contributed by atoms with Gasteiger partial charge in [-0.25, -0.2) is 4.79 Å². The van der Waals surface area contributed by atoms with Crippen LogP contribution in [0.15, 0.2) is 16.5 Å². The molecule has 0 spiro atoms. The first-order valence-corrected chi connectivity index (χ1v) is 3.64. The lowest BCUT2D eigenvalue weighted by molar-refractivity contribution is 0.0660. The molecule has 0 saturated heterocycles. The van der Waals surface area contributed by atoms with E-state index < -0.39 is 5.97 Å². The van der Waals surface area contributed by atoms with Gasteiger partial charge in [-0.2, -0.15) is 12.6 Å². The lowest BCUT2D eigenvalue weighted by Crippen LogP contribution is -1.91. The summed E-state index contributed by atoms with van der Waals surface area (Å²) in [6, 6.07) is 3.03. The van der Waals surface area contributed by atoms with E-state index in [1.165, 1.54) is 6.07 Å². The Labute approximate surface area is 69.4 Å². The predicted octanol–water partition coefficient (Wildman–Crippen LogP) is 1.97. The number of hydrogen-bond donors (Lipinski definition) is 2. The monoisotopic (exact) mass is 172 g/mol. The molecule has 1 N–H and O–H groups in total. The van der Waals surface area contributed by atoms with Crippen molar-refractivity contribution in [1.82, 2.24) is 0 Å². The van der Waals surface area contributed by atoms with Crippen molar-refractivity contribution in [1.29, 1.82) is 0 Å². The SMILES string of the molecule is CC(S)c1ccc(C(=O)O)o1. The van der Waals surface area contributed by atoms with Gasteiger partial charge in [0.2, 0.25) is 5.76 Å². The summed E-state index contributed by atoms with van der Waals surface area (Å²) in [6.45, 7) is 1.81. The third kappa shape index (κ3) is 1.77. The van der Waals surface area contributed by atoms with Crippen LogP contribution in [0, 0.1) is 0 Å². The van der Waals surface area contributed by atoms with Crippen molar-refractivity contribution in [2.24, 2.45) is 0 Å². The molecule has 0 aliphatic rings. The molecule has 1 rings (SSSR count). The number of aromatic carboxylic acids is 1. The zero-order chi connectivity index (χ0) is 8.43. The van der Waals surface area contributed by atoms with E-state index in [4.69, 9.17) is 9.52 Å². The Kier molecular flexibility index (Phi) is 2.24. The summed E-state index contributed by atoms with van der Waals surface area (Å²) in [5.41, 5.74) is 0. The Morgan fingerprint density at radius 1 is 1.73 bits per heavy atom. The Morgan fingerprint density at radius 3 is 2.64 bits per heavy atom. The Bertz CT molecular complexity index is 264. The van der Waals surface area contributed by atoms with Crippen LogP contribution in [0.25, 0.3) is 0 Å². The molecule has 1 unspecified atom stereocenters. The lowest BCUT2D eigenvalue weighted by Gasteiger charge is -1.95. The molecule has 60 valence electrons. The van der Waals surface area contributed by atoms with E-state index in [0.29, 0.717) is 5.76 Å². The standard InChI is InChI=1S/C7H8O3S/c1-4(11)5-2-3-6(10-5)7(8)9/h2-4,11H,1H3,(H,8,9). The topological polar surface area (TPSA) is 50.4 Å². The molecule has 0 aliphatic heterocycles. The molecule has 0 fully saturated rings. The van der Waals surface area contributed by atoms with Crippen molar-refractivity contribution in [3.05, 3.63) is 23.7 Å². The number of hydrogen-bond acceptors (Lipinski definition) is 3. The zero-order valence-corrected chi connectivity index (χ0v) is 6.84. The van der Waals surface area contributed by atoms with E-state index in [1.807, 2.05) is 6.92 Å². The van der Waals surface area contributed by atoms with Crippen LogP contribution >= 0.6 is 12.6 Å². The van der Waals surface area contributed by atoms with Gasteiger partial charge < -0.3 is 9.52 Å². The minimum Gasteiger partial charge on any atom is -0.475 e. The van der Waals surface area contributed by atoms with Gasteiger partial charge in [-0.05, 0) is 19.1 Å². The first kappa shape index (κ1) is 8.20. The highest BCUT2D eigenvalue weighted by molar-refractivity contribution is 7.80. The fourth-order valence-electron chi connectivity index (χ4n) is 0.692. The van der Waals surface area contributed by atoms with Crippen molar-refractivity contribution in [3.63, 3.8) is 0 Å². The zero-order valence-electron chi connectivity index (χ0n) is 5.94. The highest BCUT2D eigenvalue weighted by Gasteiger charge is 2.10. The third-order valence-electron chi connectivity index (χ3n) is 1.25. The quantitative estimate of drug-likeness (QED) is 0.670. The van der Waals surface area contributed by atoms with Crippen LogP contribution in [0.4, 0.5) is 0 Å². The van der Waals surface area contributed by atoms with Gasteiger partial charge >= 0.3 is 5.97 Å². The van der Waals surface area contributed by atoms with Crippen molar-refractivity contribution in [2.75, 3.05) is 0 Å². The van der Waals surface area contributed by atoms with Crippen LogP contribution in [0.3, 0.4) is 0 Å². The van der Waals surface area contributed by atoms with Crippen molar-refractivity contribution in [2.45, 2.75) is 12.2 Å². The molecular weight excluding hydrogens is 164 g/mol. The molecule has 0 bridgehead atoms. The van der Waals surface area contributed by atoms with Crippen LogP contribution < -0.4 is 0 Å². The maximum absolute atomic E-state index is 10.3. The second-order valence-electron chi connectivity index (χ2n) is 2.18. The van der Waals surface area contributed by atoms with Gasteiger partial charge in [-0.3, -0.25) is 0 Å². The number of carboxylic acid groups (broad SMARTS) is 1. The van der Waals surface area contributed by atoms with E-state index in [1.54, 1.807) is 6.07 Å². The van der Waals surface area contributed by atoms with Crippen LogP contribution in [0.2, 0.25) is 0 Å². The number of furan rings is 1. The molecule has 0 aliphatic carbocycles. The van der Waals surface area contributed by atoms with E-state index in [2.05, 4.69) is 12.6 Å². The average Bonchev–Trinajstić information content (AvgIpc) is 2.33. The maximum Gasteiger partial charge on any atom is 0.371 e. The molecule has 1 aromatic rings. The van der Waals surface area contributed by atoms with Crippen LogP contribution in [-0.2, 0) is 0 Å². The summed E-state index contributed by atoms with van der Waals surface area (Å²) < 4.78 is 4.93. The van der Waals surface area contributed by atoms with Crippen molar-refractivity contribution in [3.8, 4) is 0 Å². The molecule has 0 radical (unpaired) electrons. The molecule has 1 aromatic heterocycles. The van der Waals surface area contributed by atoms with Gasteiger partial charge in [0, 0.05) is 0 Å². The summed E-state index contributed by atoms with van der Waals surface area (Å²) in [7, 11) is 0. The third-order valence-corrected chi connectivity index (χ3v) is 1.50. The summed E-state index contributed by atoms with van der Waals surface area (Å²) >= 11 is 4.08. The van der Waals surface area contributed by atoms with Crippen molar-refractivity contribution >= 4 is 18.6 Å². The molecule has 0 saturated carbocycles. The summed E-state index contributed by atoms with van der Waals surface area (Å²) in [5.74, 6) is -0.517. The highest BCUT2D eigenvalue weighted by atomic mass is 32.1. The van der Waals surface area contributed by atoms with Crippen LogP contribution in [0.5, 0.6) is 0 Å². The molecule has 0 amide bonds. The van der Waals surface area contributed by atoms with Crippen molar-refractivity contribution < 1.29 is 14.3 Å². The molecule has 11 heavy (non-hydrogen) atoms. The Hall–Kier alpha value is -0.900. The Balaban J connectivity index is 2.90. The average molecular weight is 172 g/mol. The van der Waals surface area contributed by atoms with Gasteiger partial charge in [0.15, 0.2) is 0 Å².